The van der Waals surface area contributed by atoms with Crippen molar-refractivity contribution in [3.05, 3.63) is 22.3 Å². The molecule has 0 radical (unpaired) electrons. The summed E-state index contributed by atoms with van der Waals surface area (Å²) in [7, 11) is 0. The first-order valence-electron chi connectivity index (χ1n) is 6.03. The Morgan fingerprint density at radius 1 is 1.47 bits per heavy atom. The lowest BCUT2D eigenvalue weighted by Crippen LogP contribution is -2.09. The van der Waals surface area contributed by atoms with E-state index in [0.29, 0.717) is 5.92 Å². The summed E-state index contributed by atoms with van der Waals surface area (Å²) in [4.78, 5) is 4.29. The van der Waals surface area contributed by atoms with E-state index >= 15 is 0 Å². The van der Waals surface area contributed by atoms with Crippen LogP contribution in [0, 0.1) is 12.8 Å². The quantitative estimate of drug-likeness (QED) is 0.781. The number of rotatable bonds is 7. The monoisotopic (exact) mass is 300 g/mol. The highest BCUT2D eigenvalue weighted by Gasteiger charge is 1.98. The molecule has 1 aromatic rings. The summed E-state index contributed by atoms with van der Waals surface area (Å²) in [5, 5.41) is 3.29. The molecule has 0 unspecified atom stereocenters. The molecule has 4 heteroatoms. The predicted octanol–water partition coefficient (Wildman–Crippen LogP) is 3.63. The van der Waals surface area contributed by atoms with Crippen molar-refractivity contribution in [2.45, 2.75) is 27.2 Å². The van der Waals surface area contributed by atoms with Gasteiger partial charge in [0.05, 0.1) is 0 Å². The van der Waals surface area contributed by atoms with E-state index in [-0.39, 0.29) is 0 Å². The van der Waals surface area contributed by atoms with Crippen LogP contribution in [0.4, 0.5) is 5.82 Å². The first-order valence-corrected chi connectivity index (χ1v) is 6.82. The van der Waals surface area contributed by atoms with E-state index in [2.05, 4.69) is 47.0 Å². The van der Waals surface area contributed by atoms with E-state index in [1.807, 2.05) is 12.3 Å². The van der Waals surface area contributed by atoms with Crippen molar-refractivity contribution in [1.29, 1.82) is 0 Å². The van der Waals surface area contributed by atoms with E-state index in [0.717, 1.165) is 36.5 Å². The van der Waals surface area contributed by atoms with Crippen molar-refractivity contribution in [3.63, 3.8) is 0 Å². The molecule has 1 rings (SSSR count). The van der Waals surface area contributed by atoms with Crippen LogP contribution in [0.3, 0.4) is 0 Å². The fourth-order valence-electron chi connectivity index (χ4n) is 1.35. The van der Waals surface area contributed by atoms with E-state index < -0.39 is 0 Å². The van der Waals surface area contributed by atoms with Crippen molar-refractivity contribution in [2.75, 3.05) is 25.1 Å². The molecule has 0 aromatic carbocycles. The van der Waals surface area contributed by atoms with Gasteiger partial charge in [-0.15, -0.1) is 0 Å². The molecule has 3 nitrogen and oxygen atoms in total. The van der Waals surface area contributed by atoms with Crippen LogP contribution in [0.5, 0.6) is 0 Å². The van der Waals surface area contributed by atoms with Crippen LogP contribution in [0.2, 0.25) is 0 Å². The molecular formula is C13H21BrN2O. The van der Waals surface area contributed by atoms with Crippen LogP contribution in [0.15, 0.2) is 16.7 Å². The van der Waals surface area contributed by atoms with Gasteiger partial charge >= 0.3 is 0 Å². The number of hydrogen-bond donors (Lipinski definition) is 1. The molecule has 0 aliphatic carbocycles. The topological polar surface area (TPSA) is 34.1 Å². The molecule has 96 valence electrons. The maximum absolute atomic E-state index is 5.51. The SMILES string of the molecule is Cc1cc(NCCCOCC(C)C)ncc1Br. The third-order valence-corrected chi connectivity index (χ3v) is 3.10. The number of anilines is 1. The lowest BCUT2D eigenvalue weighted by molar-refractivity contribution is 0.110. The maximum atomic E-state index is 5.51. The molecule has 0 fully saturated rings. The normalized spacial score (nSPS) is 10.9. The zero-order valence-corrected chi connectivity index (χ0v) is 12.4. The van der Waals surface area contributed by atoms with Gasteiger partial charge < -0.3 is 10.1 Å². The average Bonchev–Trinajstić information content (AvgIpc) is 2.27. The Kier molecular flexibility index (Phi) is 6.52. The number of halogens is 1. The van der Waals surface area contributed by atoms with Crippen LogP contribution < -0.4 is 5.32 Å². The zero-order valence-electron chi connectivity index (χ0n) is 10.8. The molecule has 0 saturated heterocycles. The Balaban J connectivity index is 2.16. The summed E-state index contributed by atoms with van der Waals surface area (Å²) in [5.74, 6) is 1.54. The summed E-state index contributed by atoms with van der Waals surface area (Å²) >= 11 is 3.43. The third-order valence-electron chi connectivity index (χ3n) is 2.27. The number of nitrogens with one attached hydrogen (secondary N) is 1. The molecule has 1 aromatic heterocycles. The van der Waals surface area contributed by atoms with Crippen LogP contribution in [0.1, 0.15) is 25.8 Å². The van der Waals surface area contributed by atoms with E-state index in [1.54, 1.807) is 0 Å². The van der Waals surface area contributed by atoms with Gasteiger partial charge in [-0.3, -0.25) is 0 Å². The molecule has 1 N–H and O–H groups in total. The Hall–Kier alpha value is -0.610. The Morgan fingerprint density at radius 3 is 2.88 bits per heavy atom. The van der Waals surface area contributed by atoms with Gasteiger partial charge in [-0.2, -0.15) is 0 Å². The average molecular weight is 301 g/mol. The summed E-state index contributed by atoms with van der Waals surface area (Å²) in [6.45, 7) is 8.92. The van der Waals surface area contributed by atoms with Gasteiger partial charge in [-0.1, -0.05) is 13.8 Å². The van der Waals surface area contributed by atoms with Crippen LogP contribution in [-0.2, 0) is 4.74 Å². The first-order chi connectivity index (χ1) is 8.09. The van der Waals surface area contributed by atoms with Crippen molar-refractivity contribution < 1.29 is 4.74 Å². The van der Waals surface area contributed by atoms with E-state index in [4.69, 9.17) is 4.74 Å². The maximum Gasteiger partial charge on any atom is 0.126 e. The molecule has 0 spiro atoms. The van der Waals surface area contributed by atoms with Crippen molar-refractivity contribution in [3.8, 4) is 0 Å². The number of ether oxygens (including phenoxy) is 1. The summed E-state index contributed by atoms with van der Waals surface area (Å²) < 4.78 is 6.55. The number of hydrogen-bond acceptors (Lipinski definition) is 3. The molecule has 1 heterocycles. The highest BCUT2D eigenvalue weighted by molar-refractivity contribution is 9.10. The summed E-state index contributed by atoms with van der Waals surface area (Å²) in [6.07, 6.45) is 2.83. The Morgan fingerprint density at radius 2 is 2.24 bits per heavy atom. The minimum Gasteiger partial charge on any atom is -0.381 e. The fraction of sp³-hybridized carbons (Fsp3) is 0.615. The van der Waals surface area contributed by atoms with Crippen LogP contribution in [0.25, 0.3) is 0 Å². The van der Waals surface area contributed by atoms with Crippen LogP contribution in [-0.4, -0.2) is 24.7 Å². The van der Waals surface area contributed by atoms with E-state index in [1.165, 1.54) is 5.56 Å². The molecular weight excluding hydrogens is 280 g/mol. The largest absolute Gasteiger partial charge is 0.381 e. The number of aryl methyl sites for hydroxylation is 1. The lowest BCUT2D eigenvalue weighted by Gasteiger charge is -2.08. The van der Waals surface area contributed by atoms with Crippen molar-refractivity contribution in [2.24, 2.45) is 5.92 Å². The van der Waals surface area contributed by atoms with Crippen LogP contribution >= 0.6 is 15.9 Å². The molecule has 0 bridgehead atoms. The van der Waals surface area contributed by atoms with E-state index in [9.17, 15) is 0 Å². The smallest absolute Gasteiger partial charge is 0.126 e. The second kappa shape index (κ2) is 7.67. The van der Waals surface area contributed by atoms with Gasteiger partial charge in [-0.05, 0) is 46.8 Å². The van der Waals surface area contributed by atoms with Crippen molar-refractivity contribution >= 4 is 21.7 Å². The molecule has 0 aliphatic rings. The molecule has 17 heavy (non-hydrogen) atoms. The summed E-state index contributed by atoms with van der Waals surface area (Å²) in [6, 6.07) is 2.04. The van der Waals surface area contributed by atoms with Gasteiger partial charge in [-0.25, -0.2) is 4.98 Å². The molecule has 0 saturated carbocycles. The fourth-order valence-corrected chi connectivity index (χ4v) is 1.56. The molecule has 0 aliphatic heterocycles. The number of pyridine rings is 1. The summed E-state index contributed by atoms with van der Waals surface area (Å²) in [5.41, 5.74) is 1.19. The number of nitrogens with zero attached hydrogens (tertiary/aromatic N) is 1. The van der Waals surface area contributed by atoms with Crippen molar-refractivity contribution in [1.82, 2.24) is 4.98 Å². The third kappa shape index (κ3) is 6.03. The van der Waals surface area contributed by atoms with Gasteiger partial charge in [0, 0.05) is 30.4 Å². The first kappa shape index (κ1) is 14.5. The molecule has 0 atom stereocenters. The Labute approximate surface area is 112 Å². The molecule has 0 amide bonds. The highest BCUT2D eigenvalue weighted by Crippen LogP contribution is 2.16. The standard InChI is InChI=1S/C13H21BrN2O/c1-10(2)9-17-6-4-5-15-13-7-11(3)12(14)8-16-13/h7-8,10H,4-6,9H2,1-3H3,(H,15,16). The highest BCUT2D eigenvalue weighted by atomic mass is 79.9. The second-order valence-electron chi connectivity index (χ2n) is 4.57. The Bertz CT molecular complexity index is 342. The van der Waals surface area contributed by atoms with Gasteiger partial charge in [0.25, 0.3) is 0 Å². The number of aromatic nitrogens is 1. The minimum absolute atomic E-state index is 0.610. The predicted molar refractivity (Wildman–Crippen MR) is 75.4 cm³/mol. The van der Waals surface area contributed by atoms with Gasteiger partial charge in [0.1, 0.15) is 5.82 Å². The second-order valence-corrected chi connectivity index (χ2v) is 5.42. The van der Waals surface area contributed by atoms with Gasteiger partial charge in [0.15, 0.2) is 0 Å². The minimum atomic E-state index is 0.610. The van der Waals surface area contributed by atoms with Gasteiger partial charge in [0.2, 0.25) is 0 Å². The lowest BCUT2D eigenvalue weighted by atomic mass is 10.2. The zero-order chi connectivity index (χ0) is 12.7.